The van der Waals surface area contributed by atoms with Crippen LogP contribution in [0.15, 0.2) is 4.79 Å². The van der Waals surface area contributed by atoms with Gasteiger partial charge in [0.15, 0.2) is 0 Å². The Morgan fingerprint density at radius 1 is 1.60 bits per heavy atom. The van der Waals surface area contributed by atoms with Gasteiger partial charge in [-0.15, -0.1) is 0 Å². The number of hydrogen-bond acceptors (Lipinski definition) is 2. The second-order valence-electron chi connectivity index (χ2n) is 3.90. The first-order valence-electron chi connectivity index (χ1n) is 5.17. The van der Waals surface area contributed by atoms with E-state index in [1.807, 2.05) is 6.92 Å². The molecule has 1 fully saturated rings. The number of nitrogens with one attached hydrogen (secondary N) is 1. The van der Waals surface area contributed by atoms with Gasteiger partial charge in [0.2, 0.25) is 0 Å². The van der Waals surface area contributed by atoms with E-state index in [0.29, 0.717) is 12.0 Å². The van der Waals surface area contributed by atoms with E-state index in [1.54, 1.807) is 4.68 Å². The molecule has 0 saturated heterocycles. The smallest absolute Gasteiger partial charge is 0.308 e. The highest BCUT2D eigenvalue weighted by atomic mass is 16.4. The lowest BCUT2D eigenvalue weighted by Crippen LogP contribution is -2.19. The van der Waals surface area contributed by atoms with Crippen molar-refractivity contribution in [1.29, 1.82) is 0 Å². The summed E-state index contributed by atoms with van der Waals surface area (Å²) in [6, 6.07) is 0.269. The maximum Gasteiger partial charge on any atom is 0.308 e. The zero-order valence-electron chi connectivity index (χ0n) is 8.62. The molecule has 1 aromatic rings. The number of H-pyrrole nitrogens is 1. The molecule has 2 rings (SSSR count). The molecule has 1 saturated carbocycles. The standard InChI is InChI=1S/C10H14N2O3/c1-2-8-7(5-9(13)14)10(15)12(11-8)6-3-4-6/h6,11H,2-5H2,1H3,(H,13,14). The molecule has 0 aromatic carbocycles. The van der Waals surface area contributed by atoms with Gasteiger partial charge in [-0.1, -0.05) is 6.92 Å². The van der Waals surface area contributed by atoms with E-state index in [-0.39, 0.29) is 18.0 Å². The summed E-state index contributed by atoms with van der Waals surface area (Å²) in [6.07, 6.45) is 2.50. The van der Waals surface area contributed by atoms with Gasteiger partial charge in [-0.3, -0.25) is 14.7 Å². The molecule has 0 aliphatic heterocycles. The van der Waals surface area contributed by atoms with Crippen LogP contribution in [0.2, 0.25) is 0 Å². The highest BCUT2D eigenvalue weighted by Gasteiger charge is 2.28. The lowest BCUT2D eigenvalue weighted by molar-refractivity contribution is -0.136. The normalized spacial score (nSPS) is 15.5. The van der Waals surface area contributed by atoms with Crippen LogP contribution in [0, 0.1) is 0 Å². The van der Waals surface area contributed by atoms with Gasteiger partial charge in [0.25, 0.3) is 5.56 Å². The van der Waals surface area contributed by atoms with Gasteiger partial charge in [0.1, 0.15) is 0 Å². The Morgan fingerprint density at radius 3 is 2.73 bits per heavy atom. The van der Waals surface area contributed by atoms with Gasteiger partial charge < -0.3 is 5.11 Å². The summed E-state index contributed by atoms with van der Waals surface area (Å²) < 4.78 is 1.58. The Labute approximate surface area is 86.7 Å². The van der Waals surface area contributed by atoms with E-state index < -0.39 is 5.97 Å². The number of aromatic nitrogens is 2. The van der Waals surface area contributed by atoms with E-state index >= 15 is 0 Å². The fraction of sp³-hybridized carbons (Fsp3) is 0.600. The first-order chi connectivity index (χ1) is 7.13. The minimum Gasteiger partial charge on any atom is -0.481 e. The van der Waals surface area contributed by atoms with Crippen LogP contribution in [0.4, 0.5) is 0 Å². The summed E-state index contributed by atoms with van der Waals surface area (Å²) in [5, 5.41) is 11.7. The van der Waals surface area contributed by atoms with Gasteiger partial charge in [0, 0.05) is 5.69 Å². The quantitative estimate of drug-likeness (QED) is 0.768. The average Bonchev–Trinajstić information content (AvgIpc) is 2.96. The van der Waals surface area contributed by atoms with Gasteiger partial charge in [-0.2, -0.15) is 0 Å². The van der Waals surface area contributed by atoms with Crippen LogP contribution in [0.1, 0.15) is 37.1 Å². The van der Waals surface area contributed by atoms with Gasteiger partial charge in [-0.05, 0) is 19.3 Å². The second-order valence-corrected chi connectivity index (χ2v) is 3.90. The summed E-state index contributed by atoms with van der Waals surface area (Å²) in [5.41, 5.74) is 1.02. The number of rotatable bonds is 4. The van der Waals surface area contributed by atoms with Crippen molar-refractivity contribution in [3.8, 4) is 0 Å². The highest BCUT2D eigenvalue weighted by Crippen LogP contribution is 2.33. The van der Waals surface area contributed by atoms with Crippen LogP contribution in [0.25, 0.3) is 0 Å². The summed E-state index contributed by atoms with van der Waals surface area (Å²) >= 11 is 0. The molecule has 1 aliphatic rings. The zero-order chi connectivity index (χ0) is 11.0. The van der Waals surface area contributed by atoms with E-state index in [2.05, 4.69) is 5.10 Å². The Kier molecular flexibility index (Phi) is 2.38. The van der Waals surface area contributed by atoms with Crippen molar-refractivity contribution >= 4 is 5.97 Å². The van der Waals surface area contributed by atoms with Crippen molar-refractivity contribution < 1.29 is 9.90 Å². The van der Waals surface area contributed by atoms with Crippen molar-refractivity contribution in [2.75, 3.05) is 0 Å². The summed E-state index contributed by atoms with van der Waals surface area (Å²) in [5.74, 6) is -0.955. The molecule has 15 heavy (non-hydrogen) atoms. The molecule has 5 heteroatoms. The molecular formula is C10H14N2O3. The molecule has 0 radical (unpaired) electrons. The van der Waals surface area contributed by atoms with E-state index in [1.165, 1.54) is 0 Å². The molecule has 82 valence electrons. The molecule has 0 bridgehead atoms. The largest absolute Gasteiger partial charge is 0.481 e. The second kappa shape index (κ2) is 3.56. The van der Waals surface area contributed by atoms with E-state index in [4.69, 9.17) is 5.11 Å². The molecule has 5 nitrogen and oxygen atoms in total. The summed E-state index contributed by atoms with van der Waals surface area (Å²) in [7, 11) is 0. The summed E-state index contributed by atoms with van der Waals surface area (Å²) in [4.78, 5) is 22.5. The Hall–Kier alpha value is -1.52. The summed E-state index contributed by atoms with van der Waals surface area (Å²) in [6.45, 7) is 1.91. The first kappa shape index (κ1) is 10.0. The molecule has 2 N–H and O–H groups in total. The van der Waals surface area contributed by atoms with Crippen molar-refractivity contribution in [2.24, 2.45) is 0 Å². The molecular weight excluding hydrogens is 196 g/mol. The van der Waals surface area contributed by atoms with Gasteiger partial charge in [0.05, 0.1) is 18.0 Å². The molecule has 1 aliphatic carbocycles. The minimum atomic E-state index is -0.955. The third-order valence-corrected chi connectivity index (χ3v) is 2.69. The topological polar surface area (TPSA) is 75.1 Å². The first-order valence-corrected chi connectivity index (χ1v) is 5.17. The fourth-order valence-corrected chi connectivity index (χ4v) is 1.75. The third-order valence-electron chi connectivity index (χ3n) is 2.69. The third kappa shape index (κ3) is 1.82. The molecule has 0 unspecified atom stereocenters. The lowest BCUT2D eigenvalue weighted by atomic mass is 10.1. The number of aromatic amines is 1. The maximum atomic E-state index is 11.8. The highest BCUT2D eigenvalue weighted by molar-refractivity contribution is 5.70. The number of carboxylic acid groups (broad SMARTS) is 1. The predicted molar refractivity (Wildman–Crippen MR) is 54.0 cm³/mol. The van der Waals surface area contributed by atoms with Crippen LogP contribution in [0.5, 0.6) is 0 Å². The van der Waals surface area contributed by atoms with Crippen molar-refractivity contribution in [1.82, 2.24) is 9.78 Å². The van der Waals surface area contributed by atoms with Crippen LogP contribution in [-0.2, 0) is 17.6 Å². The van der Waals surface area contributed by atoms with Crippen LogP contribution >= 0.6 is 0 Å². The number of nitrogens with zero attached hydrogens (tertiary/aromatic N) is 1. The molecule has 0 atom stereocenters. The zero-order valence-corrected chi connectivity index (χ0v) is 8.62. The molecule has 1 heterocycles. The number of aliphatic carboxylic acids is 1. The van der Waals surface area contributed by atoms with Gasteiger partial charge in [-0.25, -0.2) is 4.68 Å². The van der Waals surface area contributed by atoms with Crippen LogP contribution < -0.4 is 5.56 Å². The van der Waals surface area contributed by atoms with E-state index in [9.17, 15) is 9.59 Å². The van der Waals surface area contributed by atoms with E-state index in [0.717, 1.165) is 18.5 Å². The molecule has 0 amide bonds. The fourth-order valence-electron chi connectivity index (χ4n) is 1.75. The molecule has 1 aromatic heterocycles. The maximum absolute atomic E-state index is 11.8. The van der Waals surface area contributed by atoms with Crippen molar-refractivity contribution in [3.05, 3.63) is 21.6 Å². The Balaban J connectivity index is 2.41. The number of carbonyl (C=O) groups is 1. The van der Waals surface area contributed by atoms with Crippen molar-refractivity contribution in [2.45, 2.75) is 38.6 Å². The Bertz CT molecular complexity index is 440. The SMILES string of the molecule is CCc1[nH]n(C2CC2)c(=O)c1CC(=O)O. The van der Waals surface area contributed by atoms with Crippen molar-refractivity contribution in [3.63, 3.8) is 0 Å². The predicted octanol–water partition coefficient (Wildman–Crippen LogP) is 0.701. The minimum absolute atomic E-state index is 0.156. The van der Waals surface area contributed by atoms with Crippen LogP contribution in [-0.4, -0.2) is 20.9 Å². The number of carboxylic acids is 1. The number of hydrogen-bond donors (Lipinski definition) is 2. The monoisotopic (exact) mass is 210 g/mol. The lowest BCUT2D eigenvalue weighted by Gasteiger charge is -1.95. The molecule has 0 spiro atoms. The van der Waals surface area contributed by atoms with Crippen LogP contribution in [0.3, 0.4) is 0 Å². The Morgan fingerprint density at radius 2 is 2.27 bits per heavy atom. The number of aryl methyl sites for hydroxylation is 1. The average molecular weight is 210 g/mol. The van der Waals surface area contributed by atoms with Gasteiger partial charge >= 0.3 is 5.97 Å².